The van der Waals surface area contributed by atoms with Crippen LogP contribution in [0, 0.1) is 0 Å². The van der Waals surface area contributed by atoms with Crippen molar-refractivity contribution in [3.63, 3.8) is 0 Å². The minimum Gasteiger partial charge on any atom is -0.378 e. The number of aromatic nitrogens is 2. The largest absolute Gasteiger partial charge is 0.378 e. The molecule has 0 saturated carbocycles. The number of ether oxygens (including phenoxy) is 2. The van der Waals surface area contributed by atoms with E-state index in [2.05, 4.69) is 25.9 Å². The summed E-state index contributed by atoms with van der Waals surface area (Å²) in [5.41, 5.74) is 0.420. The molecular weight excluding hydrogens is 248 g/mol. The van der Waals surface area contributed by atoms with Crippen molar-refractivity contribution in [1.29, 1.82) is 0 Å². The molecule has 1 aromatic rings. The van der Waals surface area contributed by atoms with Gasteiger partial charge in [-0.15, -0.1) is 0 Å². The minimum absolute atomic E-state index is 0.406. The molecule has 0 N–H and O–H groups in total. The first-order chi connectivity index (χ1) is 6.77. The normalized spacial score (nSPS) is 26.7. The molecule has 0 radical (unpaired) electrons. The highest BCUT2D eigenvalue weighted by Crippen LogP contribution is 2.32. The van der Waals surface area contributed by atoms with E-state index in [0.717, 1.165) is 16.7 Å². The summed E-state index contributed by atoms with van der Waals surface area (Å²) in [6.45, 7) is 1.26. The number of nitrogens with zero attached hydrogens (tertiary/aromatic N) is 2. The quantitative estimate of drug-likeness (QED) is 0.807. The number of halogens is 1. The Labute approximate surface area is 90.8 Å². The van der Waals surface area contributed by atoms with Gasteiger partial charge in [0, 0.05) is 20.1 Å². The van der Waals surface area contributed by atoms with E-state index >= 15 is 0 Å². The van der Waals surface area contributed by atoms with Gasteiger partial charge in [-0.1, -0.05) is 0 Å². The predicted octanol–water partition coefficient (Wildman–Crippen LogP) is 1.50. The highest BCUT2D eigenvalue weighted by atomic mass is 79.9. The van der Waals surface area contributed by atoms with Crippen molar-refractivity contribution in [2.24, 2.45) is 0 Å². The third-order valence-corrected chi connectivity index (χ3v) is 2.83. The van der Waals surface area contributed by atoms with Gasteiger partial charge in [-0.3, -0.25) is 4.98 Å². The summed E-state index contributed by atoms with van der Waals surface area (Å²) in [6.07, 6.45) is 4.21. The number of hydrogen-bond acceptors (Lipinski definition) is 4. The molecule has 1 unspecified atom stereocenters. The molecular formula is C9H11BrN2O2. The van der Waals surface area contributed by atoms with Crippen LogP contribution < -0.4 is 0 Å². The first-order valence-electron chi connectivity index (χ1n) is 4.38. The molecule has 2 rings (SSSR count). The summed E-state index contributed by atoms with van der Waals surface area (Å²) in [5, 5.41) is 0. The highest BCUT2D eigenvalue weighted by Gasteiger charge is 2.38. The van der Waals surface area contributed by atoms with Gasteiger partial charge in [0.25, 0.3) is 0 Å². The van der Waals surface area contributed by atoms with Crippen molar-refractivity contribution in [2.75, 3.05) is 20.3 Å². The van der Waals surface area contributed by atoms with Crippen molar-refractivity contribution in [2.45, 2.75) is 12.0 Å². The van der Waals surface area contributed by atoms with Crippen molar-refractivity contribution in [1.82, 2.24) is 9.97 Å². The lowest BCUT2D eigenvalue weighted by Crippen LogP contribution is -2.30. The van der Waals surface area contributed by atoms with E-state index in [9.17, 15) is 0 Å². The van der Waals surface area contributed by atoms with Crippen LogP contribution in [-0.4, -0.2) is 30.3 Å². The van der Waals surface area contributed by atoms with Gasteiger partial charge in [-0.2, -0.15) is 0 Å². The summed E-state index contributed by atoms with van der Waals surface area (Å²) in [5.74, 6) is 0. The molecule has 1 aliphatic rings. The summed E-state index contributed by atoms with van der Waals surface area (Å²) in [7, 11) is 1.68. The molecule has 2 heterocycles. The molecule has 0 aliphatic carbocycles. The molecule has 14 heavy (non-hydrogen) atoms. The Hall–Kier alpha value is -0.520. The summed E-state index contributed by atoms with van der Waals surface area (Å²) in [4.78, 5) is 8.42. The van der Waals surface area contributed by atoms with E-state index in [1.54, 1.807) is 19.5 Å². The predicted molar refractivity (Wildman–Crippen MR) is 53.9 cm³/mol. The Kier molecular flexibility index (Phi) is 2.80. The Balaban J connectivity index is 2.35. The average molecular weight is 259 g/mol. The lowest BCUT2D eigenvalue weighted by molar-refractivity contribution is -0.0250. The van der Waals surface area contributed by atoms with Crippen molar-refractivity contribution < 1.29 is 9.47 Å². The molecule has 1 aromatic heterocycles. The van der Waals surface area contributed by atoms with Crippen LogP contribution in [0.1, 0.15) is 12.1 Å². The summed E-state index contributed by atoms with van der Waals surface area (Å²) >= 11 is 3.29. The molecule has 5 heteroatoms. The third-order valence-electron chi connectivity index (χ3n) is 2.45. The zero-order chi connectivity index (χ0) is 10.0. The Bertz CT molecular complexity index is 326. The van der Waals surface area contributed by atoms with E-state index in [0.29, 0.717) is 13.2 Å². The standard InChI is InChI=1S/C9H11BrN2O2/c1-13-9(2-3-14-6-9)7-4-11-5-8(10)12-7/h4-5H,2-3,6H2,1H3. The zero-order valence-corrected chi connectivity index (χ0v) is 9.45. The van der Waals surface area contributed by atoms with Crippen LogP contribution in [-0.2, 0) is 15.1 Å². The third kappa shape index (κ3) is 1.67. The Morgan fingerprint density at radius 3 is 3.00 bits per heavy atom. The molecule has 1 aliphatic heterocycles. The maximum Gasteiger partial charge on any atom is 0.136 e. The number of methoxy groups -OCH3 is 1. The maximum atomic E-state index is 5.49. The molecule has 76 valence electrons. The van der Waals surface area contributed by atoms with Crippen LogP contribution in [0.25, 0.3) is 0 Å². The summed E-state index contributed by atoms with van der Waals surface area (Å²) in [6, 6.07) is 0. The van der Waals surface area contributed by atoms with Gasteiger partial charge >= 0.3 is 0 Å². The van der Waals surface area contributed by atoms with E-state index in [4.69, 9.17) is 9.47 Å². The first-order valence-corrected chi connectivity index (χ1v) is 5.17. The van der Waals surface area contributed by atoms with Crippen LogP contribution in [0.5, 0.6) is 0 Å². The van der Waals surface area contributed by atoms with Gasteiger partial charge in [0.05, 0.1) is 24.7 Å². The fraction of sp³-hybridized carbons (Fsp3) is 0.556. The molecule has 0 spiro atoms. The fourth-order valence-electron chi connectivity index (χ4n) is 1.58. The fourth-order valence-corrected chi connectivity index (χ4v) is 1.88. The van der Waals surface area contributed by atoms with Gasteiger partial charge in [0.1, 0.15) is 10.2 Å². The van der Waals surface area contributed by atoms with Crippen molar-refractivity contribution in [3.8, 4) is 0 Å². The Morgan fingerprint density at radius 1 is 1.57 bits per heavy atom. The zero-order valence-electron chi connectivity index (χ0n) is 7.86. The SMILES string of the molecule is COC1(c2cncc(Br)n2)CCOC1. The van der Waals surface area contributed by atoms with Crippen molar-refractivity contribution >= 4 is 15.9 Å². The molecule has 4 nitrogen and oxygen atoms in total. The maximum absolute atomic E-state index is 5.49. The van der Waals surface area contributed by atoms with E-state index in [1.165, 1.54) is 0 Å². The number of rotatable bonds is 2. The average Bonchev–Trinajstić information content (AvgIpc) is 2.67. The molecule has 0 bridgehead atoms. The molecule has 0 aromatic carbocycles. The van der Waals surface area contributed by atoms with Gasteiger partial charge in [0.2, 0.25) is 0 Å². The highest BCUT2D eigenvalue weighted by molar-refractivity contribution is 9.10. The lowest BCUT2D eigenvalue weighted by atomic mass is 9.99. The molecule has 1 atom stereocenters. The van der Waals surface area contributed by atoms with Gasteiger partial charge in [0.15, 0.2) is 0 Å². The van der Waals surface area contributed by atoms with Crippen LogP contribution >= 0.6 is 15.9 Å². The second-order valence-corrected chi connectivity index (χ2v) is 4.04. The molecule has 1 saturated heterocycles. The van der Waals surface area contributed by atoms with Gasteiger partial charge in [-0.05, 0) is 15.9 Å². The van der Waals surface area contributed by atoms with E-state index < -0.39 is 5.60 Å². The summed E-state index contributed by atoms with van der Waals surface area (Å²) < 4.78 is 11.5. The second-order valence-electron chi connectivity index (χ2n) is 3.23. The van der Waals surface area contributed by atoms with E-state index in [-0.39, 0.29) is 0 Å². The van der Waals surface area contributed by atoms with Gasteiger partial charge < -0.3 is 9.47 Å². The van der Waals surface area contributed by atoms with Crippen LogP contribution in [0.4, 0.5) is 0 Å². The van der Waals surface area contributed by atoms with Crippen LogP contribution in [0.15, 0.2) is 17.0 Å². The van der Waals surface area contributed by atoms with Crippen LogP contribution in [0.3, 0.4) is 0 Å². The second kappa shape index (κ2) is 3.92. The monoisotopic (exact) mass is 258 g/mol. The number of hydrogen-bond donors (Lipinski definition) is 0. The molecule has 0 amide bonds. The van der Waals surface area contributed by atoms with E-state index in [1.807, 2.05) is 0 Å². The van der Waals surface area contributed by atoms with Crippen LogP contribution in [0.2, 0.25) is 0 Å². The topological polar surface area (TPSA) is 44.2 Å². The molecule has 1 fully saturated rings. The smallest absolute Gasteiger partial charge is 0.136 e. The Morgan fingerprint density at radius 2 is 2.43 bits per heavy atom. The van der Waals surface area contributed by atoms with Crippen molar-refractivity contribution in [3.05, 3.63) is 22.7 Å². The lowest BCUT2D eigenvalue weighted by Gasteiger charge is -2.24. The minimum atomic E-state index is -0.406. The first kappa shape index (κ1) is 10.0. The van der Waals surface area contributed by atoms with Gasteiger partial charge in [-0.25, -0.2) is 4.98 Å².